The number of thioether (sulfide) groups is 1. The van der Waals surface area contributed by atoms with Crippen molar-refractivity contribution in [1.82, 2.24) is 14.8 Å². The highest BCUT2D eigenvalue weighted by atomic mass is 32.2. The summed E-state index contributed by atoms with van der Waals surface area (Å²) in [5.74, 6) is 2.16. The molecule has 3 aromatic rings. The Labute approximate surface area is 155 Å². The molecule has 1 atom stereocenters. The molecule has 0 aliphatic rings. The van der Waals surface area contributed by atoms with Crippen molar-refractivity contribution < 1.29 is 9.84 Å². The minimum Gasteiger partial charge on any atom is -0.491 e. The largest absolute Gasteiger partial charge is 0.491 e. The second-order valence-electron chi connectivity index (χ2n) is 5.62. The van der Waals surface area contributed by atoms with Gasteiger partial charge in [0.15, 0.2) is 11.0 Å². The molecule has 0 saturated carbocycles. The number of aliphatic hydroxyl groups excluding tert-OH is 1. The van der Waals surface area contributed by atoms with Crippen LogP contribution in [-0.4, -0.2) is 38.3 Å². The molecule has 0 radical (unpaired) electrons. The summed E-state index contributed by atoms with van der Waals surface area (Å²) in [6.45, 7) is 5.15. The Kier molecular flexibility index (Phi) is 6.12. The van der Waals surface area contributed by atoms with Gasteiger partial charge in [0, 0.05) is 12.3 Å². The number of benzene rings is 1. The zero-order chi connectivity index (χ0) is 17.6. The van der Waals surface area contributed by atoms with Crippen molar-refractivity contribution in [1.29, 1.82) is 0 Å². The number of rotatable bonds is 8. The van der Waals surface area contributed by atoms with E-state index in [1.54, 1.807) is 11.3 Å². The zero-order valence-electron chi connectivity index (χ0n) is 14.3. The lowest BCUT2D eigenvalue weighted by atomic mass is 10.2. The minimum atomic E-state index is -0.571. The Morgan fingerprint density at radius 3 is 2.72 bits per heavy atom. The molecule has 0 unspecified atom stereocenters. The average Bonchev–Trinajstić information content (AvgIpc) is 3.28. The molecule has 0 spiro atoms. The van der Waals surface area contributed by atoms with E-state index >= 15 is 0 Å². The van der Waals surface area contributed by atoms with Gasteiger partial charge in [-0.05, 0) is 37.4 Å². The van der Waals surface area contributed by atoms with Crippen molar-refractivity contribution in [2.45, 2.75) is 31.7 Å². The summed E-state index contributed by atoms with van der Waals surface area (Å²) in [7, 11) is 0. The first kappa shape index (κ1) is 18.0. The number of aromatic nitrogens is 3. The van der Waals surface area contributed by atoms with Crippen LogP contribution < -0.4 is 4.74 Å². The van der Waals surface area contributed by atoms with E-state index in [0.29, 0.717) is 5.75 Å². The maximum absolute atomic E-state index is 10.2. The third-order valence-corrected chi connectivity index (χ3v) is 5.62. The zero-order valence-corrected chi connectivity index (χ0v) is 15.9. The van der Waals surface area contributed by atoms with Gasteiger partial charge in [0.25, 0.3) is 0 Å². The first-order valence-corrected chi connectivity index (χ1v) is 10.0. The molecule has 1 N–H and O–H groups in total. The predicted octanol–water partition coefficient (Wildman–Crippen LogP) is 3.87. The lowest BCUT2D eigenvalue weighted by Crippen LogP contribution is -2.20. The van der Waals surface area contributed by atoms with Gasteiger partial charge in [-0.3, -0.25) is 0 Å². The highest BCUT2D eigenvalue weighted by Gasteiger charge is 2.15. The maximum Gasteiger partial charge on any atom is 0.191 e. The van der Waals surface area contributed by atoms with Gasteiger partial charge in [-0.15, -0.1) is 21.5 Å². The number of nitrogens with zero attached hydrogens (tertiary/aromatic N) is 3. The molecule has 1 aromatic carbocycles. The molecular formula is C18H21N3O2S2. The van der Waals surface area contributed by atoms with Crippen molar-refractivity contribution in [2.24, 2.45) is 0 Å². The molecule has 7 heteroatoms. The van der Waals surface area contributed by atoms with Crippen LogP contribution in [-0.2, 0) is 6.54 Å². The summed E-state index contributed by atoms with van der Waals surface area (Å²) in [5, 5.41) is 21.6. The van der Waals surface area contributed by atoms with Crippen LogP contribution in [0, 0.1) is 6.92 Å². The fraction of sp³-hybridized carbons (Fsp3) is 0.333. The summed E-state index contributed by atoms with van der Waals surface area (Å²) in [5.41, 5.74) is 1.18. The molecule has 0 fully saturated rings. The van der Waals surface area contributed by atoms with Crippen LogP contribution in [0.4, 0.5) is 0 Å². The second-order valence-corrected chi connectivity index (χ2v) is 7.55. The van der Waals surface area contributed by atoms with E-state index < -0.39 is 6.10 Å². The van der Waals surface area contributed by atoms with E-state index in [4.69, 9.17) is 4.74 Å². The van der Waals surface area contributed by atoms with Gasteiger partial charge >= 0.3 is 0 Å². The molecule has 0 aliphatic heterocycles. The molecule has 0 amide bonds. The van der Waals surface area contributed by atoms with E-state index in [-0.39, 0.29) is 6.61 Å². The highest BCUT2D eigenvalue weighted by molar-refractivity contribution is 7.99. The third-order valence-electron chi connectivity index (χ3n) is 3.64. The Bertz CT molecular complexity index is 785. The first-order chi connectivity index (χ1) is 12.2. The standard InChI is InChI=1S/C18H21N3O2S2/c1-3-21-17(16-5-4-10-24-16)19-20-18(21)25-12-14(22)11-23-15-8-6-13(2)7-9-15/h4-10,14,22H,3,11-12H2,1-2H3/t14-/m1/s1. The van der Waals surface area contributed by atoms with Gasteiger partial charge in [-0.2, -0.15) is 0 Å². The molecule has 0 aliphatic carbocycles. The number of aryl methyl sites for hydroxylation is 1. The second kappa shape index (κ2) is 8.51. The van der Waals surface area contributed by atoms with E-state index in [2.05, 4.69) is 21.7 Å². The van der Waals surface area contributed by atoms with Crippen LogP contribution in [0.2, 0.25) is 0 Å². The topological polar surface area (TPSA) is 60.2 Å². The lowest BCUT2D eigenvalue weighted by Gasteiger charge is -2.12. The summed E-state index contributed by atoms with van der Waals surface area (Å²) in [6.07, 6.45) is -0.571. The van der Waals surface area contributed by atoms with Crippen molar-refractivity contribution >= 4 is 23.1 Å². The van der Waals surface area contributed by atoms with Crippen LogP contribution in [0.3, 0.4) is 0 Å². The number of aliphatic hydroxyl groups is 1. The lowest BCUT2D eigenvalue weighted by molar-refractivity contribution is 0.126. The van der Waals surface area contributed by atoms with E-state index in [1.807, 2.05) is 48.7 Å². The molecule has 25 heavy (non-hydrogen) atoms. The van der Waals surface area contributed by atoms with Gasteiger partial charge in [0.1, 0.15) is 12.4 Å². The van der Waals surface area contributed by atoms with Crippen LogP contribution in [0.5, 0.6) is 5.75 Å². The molecular weight excluding hydrogens is 354 g/mol. The van der Waals surface area contributed by atoms with Gasteiger partial charge in [0.05, 0.1) is 11.0 Å². The molecule has 5 nitrogen and oxygen atoms in total. The van der Waals surface area contributed by atoms with Crippen molar-refractivity contribution in [3.63, 3.8) is 0 Å². The van der Waals surface area contributed by atoms with Crippen LogP contribution in [0.15, 0.2) is 46.9 Å². The minimum absolute atomic E-state index is 0.258. The fourth-order valence-corrected chi connectivity index (χ4v) is 3.94. The van der Waals surface area contributed by atoms with Crippen molar-refractivity contribution in [3.8, 4) is 16.5 Å². The number of ether oxygens (including phenoxy) is 1. The van der Waals surface area contributed by atoms with Gasteiger partial charge in [-0.25, -0.2) is 0 Å². The molecule has 2 heterocycles. The number of hydrogen-bond acceptors (Lipinski definition) is 6. The quantitative estimate of drug-likeness (QED) is 0.606. The van der Waals surface area contributed by atoms with Gasteiger partial charge in [0.2, 0.25) is 0 Å². The number of hydrogen-bond donors (Lipinski definition) is 1. The number of thiophene rings is 1. The smallest absolute Gasteiger partial charge is 0.191 e. The molecule has 0 bridgehead atoms. The first-order valence-electron chi connectivity index (χ1n) is 8.14. The maximum atomic E-state index is 10.2. The Morgan fingerprint density at radius 2 is 2.04 bits per heavy atom. The SMILES string of the molecule is CCn1c(SC[C@H](O)COc2ccc(C)cc2)nnc1-c1cccs1. The molecule has 0 saturated heterocycles. The van der Waals surface area contributed by atoms with E-state index in [1.165, 1.54) is 17.3 Å². The summed E-state index contributed by atoms with van der Waals surface area (Å²) in [6, 6.07) is 11.9. The van der Waals surface area contributed by atoms with E-state index in [9.17, 15) is 5.11 Å². The van der Waals surface area contributed by atoms with E-state index in [0.717, 1.165) is 28.2 Å². The molecule has 2 aromatic heterocycles. The summed E-state index contributed by atoms with van der Waals surface area (Å²) in [4.78, 5) is 1.10. The molecule has 132 valence electrons. The van der Waals surface area contributed by atoms with Crippen LogP contribution >= 0.6 is 23.1 Å². The van der Waals surface area contributed by atoms with Crippen LogP contribution in [0.25, 0.3) is 10.7 Å². The average molecular weight is 376 g/mol. The molecule has 3 rings (SSSR count). The van der Waals surface area contributed by atoms with Gasteiger partial charge < -0.3 is 14.4 Å². The summed E-state index contributed by atoms with van der Waals surface area (Å²) >= 11 is 3.15. The Hall–Kier alpha value is -1.83. The monoisotopic (exact) mass is 375 g/mol. The highest BCUT2D eigenvalue weighted by Crippen LogP contribution is 2.27. The normalized spacial score (nSPS) is 12.3. The van der Waals surface area contributed by atoms with Crippen molar-refractivity contribution in [3.05, 3.63) is 47.3 Å². The summed E-state index contributed by atoms with van der Waals surface area (Å²) < 4.78 is 7.70. The third kappa shape index (κ3) is 4.62. The predicted molar refractivity (Wildman–Crippen MR) is 102 cm³/mol. The fourth-order valence-electron chi connectivity index (χ4n) is 2.31. The Balaban J connectivity index is 1.55. The van der Waals surface area contributed by atoms with Crippen LogP contribution in [0.1, 0.15) is 12.5 Å². The van der Waals surface area contributed by atoms with Gasteiger partial charge in [-0.1, -0.05) is 35.5 Å². The Morgan fingerprint density at radius 1 is 1.24 bits per heavy atom. The van der Waals surface area contributed by atoms with Crippen molar-refractivity contribution in [2.75, 3.05) is 12.4 Å².